The highest BCUT2D eigenvalue weighted by Gasteiger charge is 2.06. The van der Waals surface area contributed by atoms with E-state index in [9.17, 15) is 4.79 Å². The maximum Gasteiger partial charge on any atom is 0.257 e. The van der Waals surface area contributed by atoms with E-state index in [1.54, 1.807) is 12.2 Å². The normalized spacial score (nSPS) is 11.2. The van der Waals surface area contributed by atoms with Crippen molar-refractivity contribution in [2.45, 2.75) is 13.3 Å². The summed E-state index contributed by atoms with van der Waals surface area (Å²) in [6, 6.07) is 10.1. The Labute approximate surface area is 131 Å². The SMILES string of the molecule is C=C/C(=C\C=C/C)C(=O)NC(=S)NCCc1ccccc1. The van der Waals surface area contributed by atoms with Gasteiger partial charge in [0.25, 0.3) is 5.91 Å². The van der Waals surface area contributed by atoms with Gasteiger partial charge in [0.15, 0.2) is 5.11 Å². The van der Waals surface area contributed by atoms with E-state index in [2.05, 4.69) is 29.3 Å². The van der Waals surface area contributed by atoms with Crippen molar-refractivity contribution in [3.63, 3.8) is 0 Å². The molecule has 0 saturated heterocycles. The number of hydrogen-bond donors (Lipinski definition) is 2. The van der Waals surface area contributed by atoms with Gasteiger partial charge in [-0.1, -0.05) is 55.1 Å². The Hall–Kier alpha value is -2.20. The average molecular weight is 300 g/mol. The largest absolute Gasteiger partial charge is 0.362 e. The Morgan fingerprint density at radius 1 is 1.33 bits per heavy atom. The van der Waals surface area contributed by atoms with Crippen molar-refractivity contribution < 1.29 is 4.79 Å². The van der Waals surface area contributed by atoms with Crippen LogP contribution in [0.2, 0.25) is 0 Å². The zero-order valence-electron chi connectivity index (χ0n) is 12.1. The third-order valence-corrected chi connectivity index (χ3v) is 2.97. The Morgan fingerprint density at radius 2 is 2.05 bits per heavy atom. The summed E-state index contributed by atoms with van der Waals surface area (Å²) in [5.74, 6) is -0.264. The number of benzene rings is 1. The second-order valence-corrected chi connectivity index (χ2v) is 4.71. The van der Waals surface area contributed by atoms with E-state index in [1.807, 2.05) is 31.2 Å². The molecule has 0 fully saturated rings. The van der Waals surface area contributed by atoms with Crippen LogP contribution < -0.4 is 10.6 Å². The van der Waals surface area contributed by atoms with Crippen molar-refractivity contribution in [1.29, 1.82) is 0 Å². The summed E-state index contributed by atoms with van der Waals surface area (Å²) in [4.78, 5) is 11.9. The summed E-state index contributed by atoms with van der Waals surface area (Å²) in [5.41, 5.74) is 1.69. The third-order valence-electron chi connectivity index (χ3n) is 2.72. The first-order valence-electron chi connectivity index (χ1n) is 6.76. The van der Waals surface area contributed by atoms with Crippen LogP contribution in [0.25, 0.3) is 0 Å². The van der Waals surface area contributed by atoms with Crippen molar-refractivity contribution in [3.05, 3.63) is 72.4 Å². The summed E-state index contributed by atoms with van der Waals surface area (Å²) in [7, 11) is 0. The molecule has 1 amide bonds. The molecule has 110 valence electrons. The molecule has 0 aromatic heterocycles. The van der Waals surface area contributed by atoms with E-state index in [-0.39, 0.29) is 5.91 Å². The monoisotopic (exact) mass is 300 g/mol. The lowest BCUT2D eigenvalue weighted by Crippen LogP contribution is -2.40. The zero-order valence-corrected chi connectivity index (χ0v) is 13.0. The second kappa shape index (κ2) is 9.66. The van der Waals surface area contributed by atoms with Gasteiger partial charge in [-0.05, 0) is 37.2 Å². The van der Waals surface area contributed by atoms with Gasteiger partial charge in [0, 0.05) is 12.1 Å². The molecule has 0 heterocycles. The van der Waals surface area contributed by atoms with Crippen LogP contribution >= 0.6 is 12.2 Å². The van der Waals surface area contributed by atoms with Gasteiger partial charge in [-0.25, -0.2) is 0 Å². The fourth-order valence-corrected chi connectivity index (χ4v) is 1.82. The molecule has 0 aliphatic carbocycles. The molecule has 1 rings (SSSR count). The first-order valence-corrected chi connectivity index (χ1v) is 7.16. The smallest absolute Gasteiger partial charge is 0.257 e. The van der Waals surface area contributed by atoms with Gasteiger partial charge >= 0.3 is 0 Å². The summed E-state index contributed by atoms with van der Waals surface area (Å²) in [6.07, 6.45) is 7.66. The minimum Gasteiger partial charge on any atom is -0.362 e. The molecule has 2 N–H and O–H groups in total. The van der Waals surface area contributed by atoms with E-state index >= 15 is 0 Å². The van der Waals surface area contributed by atoms with E-state index in [1.165, 1.54) is 11.6 Å². The first kappa shape index (κ1) is 16.9. The zero-order chi connectivity index (χ0) is 15.5. The summed E-state index contributed by atoms with van der Waals surface area (Å²) < 4.78 is 0. The highest BCUT2D eigenvalue weighted by Crippen LogP contribution is 1.99. The van der Waals surface area contributed by atoms with Crippen LogP contribution in [0.15, 0.2) is 66.8 Å². The number of thiocarbonyl (C=S) groups is 1. The number of carbonyl (C=O) groups is 1. The van der Waals surface area contributed by atoms with E-state index in [4.69, 9.17) is 12.2 Å². The van der Waals surface area contributed by atoms with Gasteiger partial charge in [-0.3, -0.25) is 10.1 Å². The molecule has 0 spiro atoms. The molecule has 0 radical (unpaired) electrons. The molecule has 4 heteroatoms. The third kappa shape index (κ3) is 6.68. The predicted molar refractivity (Wildman–Crippen MR) is 92.0 cm³/mol. The quantitative estimate of drug-likeness (QED) is 0.482. The molecule has 0 atom stereocenters. The average Bonchev–Trinajstić information content (AvgIpc) is 2.49. The van der Waals surface area contributed by atoms with Crippen molar-refractivity contribution in [1.82, 2.24) is 10.6 Å². The number of nitrogens with one attached hydrogen (secondary N) is 2. The van der Waals surface area contributed by atoms with E-state index in [0.29, 0.717) is 17.2 Å². The lowest BCUT2D eigenvalue weighted by Gasteiger charge is -2.09. The molecule has 0 aliphatic rings. The summed E-state index contributed by atoms with van der Waals surface area (Å²) >= 11 is 5.10. The van der Waals surface area contributed by atoms with Gasteiger partial charge < -0.3 is 5.32 Å². The molecule has 0 unspecified atom stereocenters. The fourth-order valence-electron chi connectivity index (χ4n) is 1.62. The molecule has 3 nitrogen and oxygen atoms in total. The molecule has 21 heavy (non-hydrogen) atoms. The van der Waals surface area contributed by atoms with Gasteiger partial charge in [0.05, 0.1) is 0 Å². The summed E-state index contributed by atoms with van der Waals surface area (Å²) in [5, 5.41) is 5.97. The molecule has 0 aliphatic heterocycles. The Morgan fingerprint density at radius 3 is 2.67 bits per heavy atom. The minimum absolute atomic E-state index is 0.264. The van der Waals surface area contributed by atoms with Crippen molar-refractivity contribution in [2.24, 2.45) is 0 Å². The Bertz CT molecular complexity index is 547. The van der Waals surface area contributed by atoms with Crippen LogP contribution in [-0.2, 0) is 11.2 Å². The van der Waals surface area contributed by atoms with Crippen LogP contribution in [0.5, 0.6) is 0 Å². The number of allylic oxidation sites excluding steroid dienone is 3. The van der Waals surface area contributed by atoms with Gasteiger partial charge in [-0.15, -0.1) is 0 Å². The number of carbonyl (C=O) groups excluding carboxylic acids is 1. The maximum atomic E-state index is 11.9. The van der Waals surface area contributed by atoms with Crippen molar-refractivity contribution >= 4 is 23.2 Å². The Kier molecular flexibility index (Phi) is 7.76. The molecule has 1 aromatic rings. The molecule has 0 saturated carbocycles. The van der Waals surface area contributed by atoms with Crippen LogP contribution in [0.4, 0.5) is 0 Å². The van der Waals surface area contributed by atoms with Crippen LogP contribution in [0.3, 0.4) is 0 Å². The summed E-state index contributed by atoms with van der Waals surface area (Å²) in [6.45, 7) is 6.17. The molecular formula is C17H20N2OS. The molecule has 1 aromatic carbocycles. The van der Waals surface area contributed by atoms with Crippen LogP contribution in [0.1, 0.15) is 12.5 Å². The number of hydrogen-bond acceptors (Lipinski definition) is 2. The molecule has 0 bridgehead atoms. The van der Waals surface area contributed by atoms with Gasteiger partial charge in [-0.2, -0.15) is 0 Å². The lowest BCUT2D eigenvalue weighted by molar-refractivity contribution is -0.115. The fraction of sp³-hybridized carbons (Fsp3) is 0.176. The van der Waals surface area contributed by atoms with Gasteiger partial charge in [0.2, 0.25) is 0 Å². The van der Waals surface area contributed by atoms with E-state index in [0.717, 1.165) is 6.42 Å². The van der Waals surface area contributed by atoms with Crippen molar-refractivity contribution in [3.8, 4) is 0 Å². The number of rotatable bonds is 6. The molecular weight excluding hydrogens is 280 g/mol. The highest BCUT2D eigenvalue weighted by molar-refractivity contribution is 7.80. The maximum absolute atomic E-state index is 11.9. The van der Waals surface area contributed by atoms with Crippen LogP contribution in [-0.4, -0.2) is 17.6 Å². The van der Waals surface area contributed by atoms with Crippen molar-refractivity contribution in [2.75, 3.05) is 6.54 Å². The second-order valence-electron chi connectivity index (χ2n) is 4.30. The highest BCUT2D eigenvalue weighted by atomic mass is 32.1. The minimum atomic E-state index is -0.264. The number of amides is 1. The van der Waals surface area contributed by atoms with Gasteiger partial charge in [0.1, 0.15) is 0 Å². The standard InChI is InChI=1S/C17H20N2OS/c1-3-5-11-15(4-2)16(20)19-17(21)18-13-12-14-9-7-6-8-10-14/h3-11H,2,12-13H2,1H3,(H2,18,19,20,21)/b5-3-,15-11+. The topological polar surface area (TPSA) is 41.1 Å². The first-order chi connectivity index (χ1) is 10.2. The Balaban J connectivity index is 2.39. The van der Waals surface area contributed by atoms with Crippen LogP contribution in [0, 0.1) is 0 Å². The lowest BCUT2D eigenvalue weighted by atomic mass is 10.1. The predicted octanol–water partition coefficient (Wildman–Crippen LogP) is 2.91. The van der Waals surface area contributed by atoms with E-state index < -0.39 is 0 Å².